The van der Waals surface area contributed by atoms with E-state index in [1.54, 1.807) is 0 Å². The minimum atomic E-state index is -1.02. The third kappa shape index (κ3) is 4.35. The van der Waals surface area contributed by atoms with Crippen LogP contribution in [-0.4, -0.2) is 20.8 Å². The molecule has 1 rings (SSSR count). The minimum absolute atomic E-state index is 0.257. The van der Waals surface area contributed by atoms with Gasteiger partial charge in [0, 0.05) is 22.9 Å². The molecule has 0 fully saturated rings. The van der Waals surface area contributed by atoms with Crippen LogP contribution in [0, 0.1) is 0 Å². The van der Waals surface area contributed by atoms with Crippen LogP contribution >= 0.6 is 35.0 Å². The van der Waals surface area contributed by atoms with E-state index in [1.807, 2.05) is 13.8 Å². The average Bonchev–Trinajstić information content (AvgIpc) is 2.46. The Morgan fingerprint density at radius 1 is 1.15 bits per heavy atom. The second-order valence-corrected chi connectivity index (χ2v) is 5.42. The Morgan fingerprint density at radius 3 is 2.00 bits per heavy atom. The van der Waals surface area contributed by atoms with E-state index >= 15 is 0 Å². The smallest absolute Gasteiger partial charge is 0.276 e. The Balaban J connectivity index is 2.81. The van der Waals surface area contributed by atoms with Gasteiger partial charge in [-0.15, -0.1) is 4.58 Å². The second kappa shape index (κ2) is 7.27. The molecule has 0 aliphatic rings. The summed E-state index contributed by atoms with van der Waals surface area (Å²) in [5.41, 5.74) is 0.548. The third-order valence-corrected chi connectivity index (χ3v) is 3.86. The van der Waals surface area contributed by atoms with Gasteiger partial charge in [-0.1, -0.05) is 25.4 Å². The van der Waals surface area contributed by atoms with Gasteiger partial charge in [0.15, 0.2) is 5.06 Å². The first-order valence-electron chi connectivity index (χ1n) is 6.01. The van der Waals surface area contributed by atoms with Crippen molar-refractivity contribution in [1.82, 2.24) is 4.58 Å². The molecule has 0 bridgehead atoms. The van der Waals surface area contributed by atoms with Crippen LogP contribution in [0.3, 0.4) is 0 Å². The van der Waals surface area contributed by atoms with E-state index < -0.39 is 16.2 Å². The molecule has 0 heterocycles. The van der Waals surface area contributed by atoms with E-state index in [1.165, 1.54) is 24.3 Å². The maximum atomic E-state index is 12.0. The van der Waals surface area contributed by atoms with Crippen LogP contribution in [0.5, 0.6) is 0 Å². The van der Waals surface area contributed by atoms with Crippen molar-refractivity contribution < 1.29 is 14.4 Å². The van der Waals surface area contributed by atoms with Crippen LogP contribution in [-0.2, 0) is 4.84 Å². The third-order valence-electron chi connectivity index (χ3n) is 2.82. The Bertz CT molecular complexity index is 486. The highest BCUT2D eigenvalue weighted by Gasteiger charge is 2.30. The molecule has 0 aliphatic heterocycles. The van der Waals surface area contributed by atoms with Gasteiger partial charge in [0.1, 0.15) is 0 Å². The van der Waals surface area contributed by atoms with Crippen molar-refractivity contribution in [3.05, 3.63) is 35.4 Å². The summed E-state index contributed by atoms with van der Waals surface area (Å²) >= 11 is 17.3. The van der Waals surface area contributed by atoms with Gasteiger partial charge in [0.2, 0.25) is 0 Å². The van der Waals surface area contributed by atoms with E-state index in [2.05, 4.69) is 0 Å². The van der Waals surface area contributed by atoms with E-state index in [0.717, 1.165) is 0 Å². The van der Waals surface area contributed by atoms with Gasteiger partial charge >= 0.3 is 0 Å². The molecule has 1 aromatic rings. The molecule has 0 aromatic heterocycles. The van der Waals surface area contributed by atoms with E-state index in [9.17, 15) is 9.59 Å². The first-order valence-corrected chi connectivity index (χ1v) is 7.10. The summed E-state index contributed by atoms with van der Waals surface area (Å²) in [6.45, 7) is 3.65. The zero-order valence-electron chi connectivity index (χ0n) is 11.0. The lowest BCUT2D eigenvalue weighted by Crippen LogP contribution is -2.34. The first-order chi connectivity index (χ1) is 9.33. The highest BCUT2D eigenvalue weighted by molar-refractivity contribution is 6.67. The fourth-order valence-corrected chi connectivity index (χ4v) is 1.87. The summed E-state index contributed by atoms with van der Waals surface area (Å²) in [6.07, 6.45) is 0.975. The Labute approximate surface area is 132 Å². The zero-order chi connectivity index (χ0) is 15.3. The fraction of sp³-hybridized carbons (Fsp3) is 0.385. The van der Waals surface area contributed by atoms with Gasteiger partial charge in [-0.2, -0.15) is 0 Å². The van der Waals surface area contributed by atoms with E-state index in [4.69, 9.17) is 39.8 Å². The number of amides is 1. The second-order valence-electron chi connectivity index (χ2n) is 4.08. The largest absolute Gasteiger partial charge is 0.292 e. The number of nitrogens with zero attached hydrogens (tertiary/aromatic N) is 1. The lowest BCUT2D eigenvalue weighted by molar-refractivity contribution is -0.130. The molecule has 0 radical (unpaired) electrons. The summed E-state index contributed by atoms with van der Waals surface area (Å²) in [7, 11) is 0. The van der Waals surface area contributed by atoms with Crippen LogP contribution in [0.4, 0.5) is 0 Å². The van der Waals surface area contributed by atoms with Crippen LogP contribution in [0.1, 0.15) is 47.4 Å². The number of halogens is 3. The van der Waals surface area contributed by atoms with Crippen LogP contribution < -0.4 is 0 Å². The molecule has 4 nitrogen and oxygen atoms in total. The molecule has 0 N–H and O–H groups in total. The molecule has 1 amide bonds. The number of benzene rings is 1. The lowest BCUT2D eigenvalue weighted by atomic mass is 10.1. The number of rotatable bonds is 6. The standard InChI is InChI=1S/C13H14Cl3NO3/c1-3-13(15,4-2)20-17(16)12(19)10-7-5-9(6-8-10)11(14)18/h5-8H,3-4H2,1-2H3. The lowest BCUT2D eigenvalue weighted by Gasteiger charge is -2.27. The summed E-state index contributed by atoms with van der Waals surface area (Å²) in [4.78, 5) is 28.2. The Morgan fingerprint density at radius 2 is 1.60 bits per heavy atom. The molecule has 1 aromatic carbocycles. The van der Waals surface area contributed by atoms with Gasteiger partial charge < -0.3 is 0 Å². The number of alkyl halides is 1. The highest BCUT2D eigenvalue weighted by atomic mass is 35.5. The topological polar surface area (TPSA) is 46.6 Å². The van der Waals surface area contributed by atoms with Crippen molar-refractivity contribution in [2.45, 2.75) is 31.7 Å². The average molecular weight is 339 g/mol. The van der Waals surface area contributed by atoms with Crippen molar-refractivity contribution in [2.24, 2.45) is 0 Å². The summed E-state index contributed by atoms with van der Waals surface area (Å²) < 4.78 is 0.581. The number of carbonyl (C=O) groups is 2. The Hall–Kier alpha value is -0.810. The Kier molecular flexibility index (Phi) is 6.27. The molecule has 110 valence electrons. The summed E-state index contributed by atoms with van der Waals surface area (Å²) in [5.74, 6) is -0.577. The van der Waals surface area contributed by atoms with Gasteiger partial charge in [-0.05, 0) is 48.7 Å². The molecule has 0 spiro atoms. The molecular formula is C13H14Cl3NO3. The van der Waals surface area contributed by atoms with Crippen molar-refractivity contribution in [2.75, 3.05) is 0 Å². The van der Waals surface area contributed by atoms with E-state index in [-0.39, 0.29) is 5.56 Å². The molecular weight excluding hydrogens is 325 g/mol. The summed E-state index contributed by atoms with van der Waals surface area (Å²) in [5, 5.41) is -1.62. The molecule has 0 saturated carbocycles. The number of hydrogen-bond donors (Lipinski definition) is 0. The van der Waals surface area contributed by atoms with Gasteiger partial charge in [0.05, 0.1) is 0 Å². The van der Waals surface area contributed by atoms with Gasteiger partial charge in [0.25, 0.3) is 11.1 Å². The molecule has 0 atom stereocenters. The predicted octanol–water partition coefficient (Wildman–Crippen LogP) is 4.35. The van der Waals surface area contributed by atoms with Crippen LogP contribution in [0.25, 0.3) is 0 Å². The number of hydrogen-bond acceptors (Lipinski definition) is 3. The monoisotopic (exact) mass is 337 g/mol. The van der Waals surface area contributed by atoms with Crippen molar-refractivity contribution in [3.63, 3.8) is 0 Å². The van der Waals surface area contributed by atoms with Crippen molar-refractivity contribution in [3.8, 4) is 0 Å². The molecule has 20 heavy (non-hydrogen) atoms. The zero-order valence-corrected chi connectivity index (χ0v) is 13.3. The SMILES string of the molecule is CCC(Cl)(CC)ON(Cl)C(=O)c1ccc(C(=O)Cl)cc1. The quantitative estimate of drug-likeness (QED) is 0.335. The molecule has 0 aliphatic carbocycles. The highest BCUT2D eigenvalue weighted by Crippen LogP contribution is 2.28. The fourth-order valence-electron chi connectivity index (χ4n) is 1.41. The predicted molar refractivity (Wildman–Crippen MR) is 78.9 cm³/mol. The van der Waals surface area contributed by atoms with Crippen molar-refractivity contribution in [1.29, 1.82) is 0 Å². The van der Waals surface area contributed by atoms with Crippen molar-refractivity contribution >= 4 is 46.1 Å². The normalized spacial score (nSPS) is 11.2. The maximum Gasteiger partial charge on any atom is 0.292 e. The number of hydroxylamine groups is 1. The van der Waals surface area contributed by atoms with Crippen LogP contribution in [0.2, 0.25) is 0 Å². The molecule has 0 saturated heterocycles. The van der Waals surface area contributed by atoms with Crippen LogP contribution in [0.15, 0.2) is 24.3 Å². The number of carbonyl (C=O) groups excluding carboxylic acids is 2. The summed E-state index contributed by atoms with van der Waals surface area (Å²) in [6, 6.07) is 5.73. The maximum absolute atomic E-state index is 12.0. The van der Waals surface area contributed by atoms with Gasteiger partial charge in [-0.25, -0.2) is 4.84 Å². The van der Waals surface area contributed by atoms with E-state index in [0.29, 0.717) is 23.0 Å². The first kappa shape index (κ1) is 17.2. The van der Waals surface area contributed by atoms with Gasteiger partial charge in [-0.3, -0.25) is 9.59 Å². The molecule has 0 unspecified atom stereocenters. The minimum Gasteiger partial charge on any atom is -0.276 e. The molecule has 7 heteroatoms.